The first-order chi connectivity index (χ1) is 14.6. The van der Waals surface area contributed by atoms with Gasteiger partial charge in [-0.1, -0.05) is 48.9 Å². The molecule has 0 bridgehead atoms. The number of ether oxygens (including phenoxy) is 1. The molecule has 1 saturated carbocycles. The molecular formula is C24H25ClN2O2S. The standard InChI is InChI=1S/C24H25ClN2O2S/c1-3-14-27(22(28)24(12-13-24)18-8-10-19(29-2)11-9-18)23-26-16-20(30-23)15-17-6-4-5-7-21(17)25/h4-11,16H,3,12-15H2,1-2H3. The molecule has 3 aromatic rings. The molecule has 1 heterocycles. The van der Waals surface area contributed by atoms with E-state index >= 15 is 0 Å². The quantitative estimate of drug-likeness (QED) is 0.439. The monoisotopic (exact) mass is 440 g/mol. The second kappa shape index (κ2) is 8.78. The number of anilines is 1. The predicted octanol–water partition coefficient (Wildman–Crippen LogP) is 5.87. The van der Waals surface area contributed by atoms with E-state index in [4.69, 9.17) is 16.3 Å². The molecule has 0 atom stereocenters. The molecule has 0 saturated heterocycles. The molecule has 0 radical (unpaired) electrons. The zero-order chi connectivity index (χ0) is 21.1. The van der Waals surface area contributed by atoms with Crippen LogP contribution in [0.1, 0.15) is 42.2 Å². The Morgan fingerprint density at radius 2 is 1.93 bits per heavy atom. The molecule has 1 fully saturated rings. The average molecular weight is 441 g/mol. The van der Waals surface area contributed by atoms with E-state index in [9.17, 15) is 4.79 Å². The lowest BCUT2D eigenvalue weighted by Gasteiger charge is -2.25. The third-order valence-corrected chi connectivity index (χ3v) is 6.98. The van der Waals surface area contributed by atoms with Gasteiger partial charge in [0.25, 0.3) is 0 Å². The minimum atomic E-state index is -0.435. The molecule has 0 spiro atoms. The molecule has 4 rings (SSSR count). The summed E-state index contributed by atoms with van der Waals surface area (Å²) in [6, 6.07) is 15.7. The first-order valence-electron chi connectivity index (χ1n) is 10.2. The Hall–Kier alpha value is -2.37. The lowest BCUT2D eigenvalue weighted by atomic mass is 9.94. The van der Waals surface area contributed by atoms with Gasteiger partial charge in [-0.05, 0) is 48.6 Å². The fourth-order valence-corrected chi connectivity index (χ4v) is 4.92. The van der Waals surface area contributed by atoms with Gasteiger partial charge in [-0.15, -0.1) is 11.3 Å². The Morgan fingerprint density at radius 1 is 1.20 bits per heavy atom. The summed E-state index contributed by atoms with van der Waals surface area (Å²) < 4.78 is 5.26. The van der Waals surface area contributed by atoms with Crippen LogP contribution in [0.3, 0.4) is 0 Å². The van der Waals surface area contributed by atoms with Crippen molar-refractivity contribution < 1.29 is 9.53 Å². The number of amides is 1. The van der Waals surface area contributed by atoms with Gasteiger partial charge in [0.15, 0.2) is 5.13 Å². The van der Waals surface area contributed by atoms with Crippen LogP contribution >= 0.6 is 22.9 Å². The number of rotatable bonds is 8. The van der Waals surface area contributed by atoms with Gasteiger partial charge in [0.2, 0.25) is 5.91 Å². The molecule has 156 valence electrons. The number of hydrogen-bond donors (Lipinski definition) is 0. The zero-order valence-corrected chi connectivity index (χ0v) is 18.8. The first-order valence-corrected chi connectivity index (χ1v) is 11.4. The topological polar surface area (TPSA) is 42.4 Å². The molecule has 1 aromatic heterocycles. The zero-order valence-electron chi connectivity index (χ0n) is 17.2. The Balaban J connectivity index is 1.57. The summed E-state index contributed by atoms with van der Waals surface area (Å²) in [5, 5.41) is 1.52. The highest BCUT2D eigenvalue weighted by molar-refractivity contribution is 7.15. The third-order valence-electron chi connectivity index (χ3n) is 5.59. The lowest BCUT2D eigenvalue weighted by Crippen LogP contribution is -2.40. The second-order valence-electron chi connectivity index (χ2n) is 7.64. The Kier molecular flexibility index (Phi) is 6.11. The maximum atomic E-state index is 13.6. The van der Waals surface area contributed by atoms with Crippen LogP contribution in [0.5, 0.6) is 5.75 Å². The first kappa shape index (κ1) is 20.9. The molecule has 4 nitrogen and oxygen atoms in total. The van der Waals surface area contributed by atoms with E-state index in [-0.39, 0.29) is 5.91 Å². The Bertz CT molecular complexity index is 1030. The predicted molar refractivity (Wildman–Crippen MR) is 123 cm³/mol. The van der Waals surface area contributed by atoms with Crippen molar-refractivity contribution in [3.8, 4) is 5.75 Å². The number of carbonyl (C=O) groups is 1. The summed E-state index contributed by atoms with van der Waals surface area (Å²) >= 11 is 7.89. The SMILES string of the molecule is CCCN(C(=O)C1(c2ccc(OC)cc2)CC1)c1ncc(Cc2ccccc2Cl)s1. The van der Waals surface area contributed by atoms with E-state index in [2.05, 4.69) is 11.9 Å². The van der Waals surface area contributed by atoms with Crippen molar-refractivity contribution in [2.45, 2.75) is 38.0 Å². The number of thiazole rings is 1. The van der Waals surface area contributed by atoms with Crippen LogP contribution in [0.4, 0.5) is 5.13 Å². The smallest absolute Gasteiger partial charge is 0.239 e. The van der Waals surface area contributed by atoms with Crippen LogP contribution in [0.15, 0.2) is 54.7 Å². The second-order valence-corrected chi connectivity index (χ2v) is 9.15. The molecule has 1 amide bonds. The Morgan fingerprint density at radius 3 is 2.57 bits per heavy atom. The number of nitrogens with zero attached hydrogens (tertiary/aromatic N) is 2. The molecule has 6 heteroatoms. The van der Waals surface area contributed by atoms with Crippen molar-refractivity contribution in [2.75, 3.05) is 18.6 Å². The van der Waals surface area contributed by atoms with Crippen LogP contribution in [-0.2, 0) is 16.6 Å². The van der Waals surface area contributed by atoms with Crippen molar-refractivity contribution in [3.63, 3.8) is 0 Å². The highest BCUT2D eigenvalue weighted by atomic mass is 35.5. The number of carbonyl (C=O) groups excluding carboxylic acids is 1. The molecule has 0 unspecified atom stereocenters. The van der Waals surface area contributed by atoms with E-state index < -0.39 is 5.41 Å². The van der Waals surface area contributed by atoms with Crippen LogP contribution < -0.4 is 9.64 Å². The van der Waals surface area contributed by atoms with Gasteiger partial charge in [-0.2, -0.15) is 0 Å². The molecule has 30 heavy (non-hydrogen) atoms. The number of aromatic nitrogens is 1. The maximum absolute atomic E-state index is 13.6. The van der Waals surface area contributed by atoms with E-state index in [1.54, 1.807) is 18.4 Å². The van der Waals surface area contributed by atoms with E-state index in [1.165, 1.54) is 0 Å². The number of hydrogen-bond acceptors (Lipinski definition) is 4. The van der Waals surface area contributed by atoms with Gasteiger partial charge in [0, 0.05) is 29.1 Å². The number of halogens is 1. The third kappa shape index (κ3) is 4.09. The van der Waals surface area contributed by atoms with Crippen LogP contribution in [0.2, 0.25) is 5.02 Å². The summed E-state index contributed by atoms with van der Waals surface area (Å²) in [4.78, 5) is 21.2. The summed E-state index contributed by atoms with van der Waals surface area (Å²) in [6.45, 7) is 2.75. The van der Waals surface area contributed by atoms with Gasteiger partial charge in [0.05, 0.1) is 12.5 Å². The van der Waals surface area contributed by atoms with Crippen molar-refractivity contribution in [1.82, 2.24) is 4.98 Å². The molecule has 1 aliphatic rings. The summed E-state index contributed by atoms with van der Waals surface area (Å²) in [5.41, 5.74) is 1.69. The molecule has 0 aliphatic heterocycles. The van der Waals surface area contributed by atoms with E-state index in [1.807, 2.05) is 59.6 Å². The highest BCUT2D eigenvalue weighted by Gasteiger charge is 2.53. The van der Waals surface area contributed by atoms with Gasteiger partial charge in [0.1, 0.15) is 5.75 Å². The number of methoxy groups -OCH3 is 1. The average Bonchev–Trinajstić information content (AvgIpc) is 3.46. The Labute approximate surface area is 186 Å². The molecule has 1 aliphatic carbocycles. The molecule has 2 aromatic carbocycles. The number of benzene rings is 2. The van der Waals surface area contributed by atoms with Crippen molar-refractivity contribution >= 4 is 34.0 Å². The van der Waals surface area contributed by atoms with Crippen molar-refractivity contribution in [3.05, 3.63) is 75.8 Å². The summed E-state index contributed by atoms with van der Waals surface area (Å²) in [6.07, 6.45) is 5.21. The largest absolute Gasteiger partial charge is 0.497 e. The highest BCUT2D eigenvalue weighted by Crippen LogP contribution is 2.50. The summed E-state index contributed by atoms with van der Waals surface area (Å²) in [5.74, 6) is 0.949. The minimum absolute atomic E-state index is 0.146. The van der Waals surface area contributed by atoms with Gasteiger partial charge >= 0.3 is 0 Å². The summed E-state index contributed by atoms with van der Waals surface area (Å²) in [7, 11) is 1.65. The van der Waals surface area contributed by atoms with Gasteiger partial charge < -0.3 is 4.74 Å². The fraction of sp³-hybridized carbons (Fsp3) is 0.333. The van der Waals surface area contributed by atoms with Crippen LogP contribution in [0, 0.1) is 0 Å². The van der Waals surface area contributed by atoms with E-state index in [0.29, 0.717) is 6.54 Å². The van der Waals surface area contributed by atoms with E-state index in [0.717, 1.165) is 57.6 Å². The maximum Gasteiger partial charge on any atom is 0.239 e. The minimum Gasteiger partial charge on any atom is -0.497 e. The fourth-order valence-electron chi connectivity index (χ4n) is 3.76. The van der Waals surface area contributed by atoms with Gasteiger partial charge in [-0.25, -0.2) is 4.98 Å². The van der Waals surface area contributed by atoms with Gasteiger partial charge in [-0.3, -0.25) is 9.69 Å². The lowest BCUT2D eigenvalue weighted by molar-refractivity contribution is -0.121. The van der Waals surface area contributed by atoms with Crippen molar-refractivity contribution in [2.24, 2.45) is 0 Å². The molecular weight excluding hydrogens is 416 g/mol. The van der Waals surface area contributed by atoms with Crippen molar-refractivity contribution in [1.29, 1.82) is 0 Å². The normalized spacial score (nSPS) is 14.4. The molecule has 0 N–H and O–H groups in total. The van der Waals surface area contributed by atoms with Crippen LogP contribution in [-0.4, -0.2) is 24.5 Å². The van der Waals surface area contributed by atoms with Crippen LogP contribution in [0.25, 0.3) is 0 Å².